The van der Waals surface area contributed by atoms with Gasteiger partial charge in [0.2, 0.25) is 11.2 Å². The third kappa shape index (κ3) is 3.26. The van der Waals surface area contributed by atoms with Gasteiger partial charge in [0.25, 0.3) is 0 Å². The summed E-state index contributed by atoms with van der Waals surface area (Å²) < 4.78 is 8.90. The molecule has 0 spiro atoms. The number of aromatic nitrogens is 1. The Morgan fingerprint density at radius 3 is 2.14 bits per heavy atom. The van der Waals surface area contributed by atoms with Gasteiger partial charge in [0.15, 0.2) is 0 Å². The number of pyridine rings is 1. The molecule has 6 rings (SSSR count). The third-order valence-electron chi connectivity index (χ3n) is 7.81. The second-order valence-corrected chi connectivity index (χ2v) is 14.5. The van der Waals surface area contributed by atoms with Gasteiger partial charge < -0.3 is 4.42 Å². The first-order chi connectivity index (χ1) is 16.9. The normalized spacial score (nSPS) is 12.1. The van der Waals surface area contributed by atoms with Crippen LogP contribution < -0.4 is 14.9 Å². The fourth-order valence-electron chi connectivity index (χ4n) is 5.60. The smallest absolute Gasteiger partial charge is 0.216 e. The van der Waals surface area contributed by atoms with Crippen LogP contribution in [-0.2, 0) is 7.05 Å². The van der Waals surface area contributed by atoms with Crippen LogP contribution >= 0.6 is 0 Å². The molecule has 0 amide bonds. The maximum atomic E-state index is 6.55. The summed E-state index contributed by atoms with van der Waals surface area (Å²) in [7, 11) is 0.208. The van der Waals surface area contributed by atoms with Crippen molar-refractivity contribution in [3.05, 3.63) is 102 Å². The number of rotatable bonds is 3. The molecule has 6 aromatic rings. The zero-order valence-electron chi connectivity index (χ0n) is 21.0. The van der Waals surface area contributed by atoms with Crippen LogP contribution in [0.15, 0.2) is 95.4 Å². The van der Waals surface area contributed by atoms with E-state index in [1.807, 2.05) is 6.07 Å². The summed E-state index contributed by atoms with van der Waals surface area (Å²) in [5.41, 5.74) is 8.13. The van der Waals surface area contributed by atoms with Gasteiger partial charge >= 0.3 is 0 Å². The lowest BCUT2D eigenvalue weighted by Gasteiger charge is -2.25. The number of furan rings is 1. The first-order valence-corrected chi connectivity index (χ1v) is 15.3. The van der Waals surface area contributed by atoms with Crippen molar-refractivity contribution in [1.82, 2.24) is 0 Å². The summed E-state index contributed by atoms with van der Waals surface area (Å²) >= 11 is 0. The predicted octanol–water partition coefficient (Wildman–Crippen LogP) is 6.67. The number of fused-ring (bicyclic) bond motifs is 4. The minimum atomic E-state index is -1.98. The van der Waals surface area contributed by atoms with E-state index in [4.69, 9.17) is 4.42 Å². The topological polar surface area (TPSA) is 17.0 Å². The Kier molecular flexibility index (Phi) is 4.94. The molecule has 35 heavy (non-hydrogen) atoms. The first kappa shape index (κ1) is 21.8. The van der Waals surface area contributed by atoms with E-state index in [1.165, 1.54) is 54.4 Å². The summed E-state index contributed by atoms with van der Waals surface area (Å²) in [6.45, 7) is 9.37. The standard InChI is InChI=1S/C32H30NOSi/c1-21-19-26-24-15-10-12-18-29(24)34-32(26)31(22(21)2)28-20-30(25-16-9-11-17-27(25)33(28)3)35(4,5)23-13-7-6-8-14-23/h6-20H,1-5H3/q+1. The van der Waals surface area contributed by atoms with Crippen LogP contribution in [0, 0.1) is 13.8 Å². The highest BCUT2D eigenvalue weighted by Crippen LogP contribution is 2.38. The predicted molar refractivity (Wildman–Crippen MR) is 151 cm³/mol. The molecule has 172 valence electrons. The summed E-state index contributed by atoms with van der Waals surface area (Å²) in [4.78, 5) is 0. The van der Waals surface area contributed by atoms with Gasteiger partial charge in [0, 0.05) is 28.3 Å². The van der Waals surface area contributed by atoms with E-state index in [0.29, 0.717) is 0 Å². The average Bonchev–Trinajstić information content (AvgIpc) is 3.24. The largest absolute Gasteiger partial charge is 0.455 e. The fraction of sp³-hybridized carbons (Fsp3) is 0.156. The van der Waals surface area contributed by atoms with Crippen molar-refractivity contribution in [2.45, 2.75) is 26.9 Å². The van der Waals surface area contributed by atoms with Gasteiger partial charge in [-0.2, -0.15) is 4.57 Å². The minimum absolute atomic E-state index is 0.941. The highest BCUT2D eigenvalue weighted by Gasteiger charge is 2.33. The molecule has 0 saturated heterocycles. The second-order valence-electron chi connectivity index (χ2n) is 10.2. The van der Waals surface area contributed by atoms with Crippen molar-refractivity contribution < 1.29 is 8.98 Å². The molecular formula is C32H30NOSi+. The van der Waals surface area contributed by atoms with Gasteiger partial charge in [-0.15, -0.1) is 0 Å². The van der Waals surface area contributed by atoms with Crippen LogP contribution in [0.1, 0.15) is 11.1 Å². The molecule has 0 radical (unpaired) electrons. The Bertz CT molecular complexity index is 1750. The van der Waals surface area contributed by atoms with Gasteiger partial charge in [-0.25, -0.2) is 0 Å². The zero-order chi connectivity index (χ0) is 24.3. The number of benzene rings is 4. The van der Waals surface area contributed by atoms with E-state index in [1.54, 1.807) is 0 Å². The van der Waals surface area contributed by atoms with E-state index in [9.17, 15) is 0 Å². The van der Waals surface area contributed by atoms with Crippen LogP contribution in [-0.4, -0.2) is 8.07 Å². The van der Waals surface area contributed by atoms with Gasteiger partial charge in [-0.1, -0.05) is 78.9 Å². The molecule has 2 heterocycles. The second kappa shape index (κ2) is 7.93. The van der Waals surface area contributed by atoms with Crippen molar-refractivity contribution >= 4 is 51.3 Å². The number of hydrogen-bond acceptors (Lipinski definition) is 1. The van der Waals surface area contributed by atoms with Crippen LogP contribution in [0.3, 0.4) is 0 Å². The lowest BCUT2D eigenvalue weighted by molar-refractivity contribution is -0.633. The summed E-state index contributed by atoms with van der Waals surface area (Å²) in [5, 5.41) is 6.60. The van der Waals surface area contributed by atoms with Crippen LogP contribution in [0.4, 0.5) is 0 Å². The molecule has 2 nitrogen and oxygen atoms in total. The average molecular weight is 473 g/mol. The lowest BCUT2D eigenvalue weighted by atomic mass is 9.96. The number of para-hydroxylation sites is 2. The molecule has 0 aliphatic carbocycles. The first-order valence-electron chi connectivity index (χ1n) is 12.3. The molecule has 0 N–H and O–H groups in total. The number of nitrogens with zero attached hydrogens (tertiary/aromatic N) is 1. The minimum Gasteiger partial charge on any atom is -0.455 e. The van der Waals surface area contributed by atoms with Crippen molar-refractivity contribution in [2.24, 2.45) is 7.05 Å². The van der Waals surface area contributed by atoms with E-state index < -0.39 is 8.07 Å². The lowest BCUT2D eigenvalue weighted by Crippen LogP contribution is -2.54. The van der Waals surface area contributed by atoms with Crippen LogP contribution in [0.25, 0.3) is 44.1 Å². The van der Waals surface area contributed by atoms with Crippen molar-refractivity contribution in [3.8, 4) is 11.3 Å². The van der Waals surface area contributed by atoms with Crippen molar-refractivity contribution in [1.29, 1.82) is 0 Å². The van der Waals surface area contributed by atoms with Crippen LogP contribution in [0.5, 0.6) is 0 Å². The Morgan fingerprint density at radius 2 is 1.37 bits per heavy atom. The molecule has 0 aliphatic rings. The van der Waals surface area contributed by atoms with Crippen molar-refractivity contribution in [2.75, 3.05) is 0 Å². The molecule has 4 aromatic carbocycles. The molecule has 2 aromatic heterocycles. The Hall–Kier alpha value is -3.69. The molecule has 0 unspecified atom stereocenters. The molecule has 0 atom stereocenters. The zero-order valence-corrected chi connectivity index (χ0v) is 22.0. The Labute approximate surface area is 207 Å². The highest BCUT2D eigenvalue weighted by molar-refractivity contribution is 7.01. The molecule has 0 fully saturated rings. The molecule has 0 bridgehead atoms. The maximum Gasteiger partial charge on any atom is 0.216 e. The van der Waals surface area contributed by atoms with Crippen LogP contribution in [0.2, 0.25) is 13.1 Å². The monoisotopic (exact) mass is 472 g/mol. The van der Waals surface area contributed by atoms with Gasteiger partial charge in [0.1, 0.15) is 26.3 Å². The SMILES string of the molecule is Cc1cc2c(oc3ccccc32)c(-c2cc([Si](C)(C)c3ccccc3)c3ccccc3[n+]2C)c1C. The summed E-state index contributed by atoms with van der Waals surface area (Å²) in [5.74, 6) is 0. The third-order valence-corrected chi connectivity index (χ3v) is 11.3. The number of hydrogen-bond donors (Lipinski definition) is 0. The molecule has 3 heteroatoms. The van der Waals surface area contributed by atoms with E-state index >= 15 is 0 Å². The van der Waals surface area contributed by atoms with Gasteiger partial charge in [-0.05, 0) is 48.4 Å². The number of aryl methyl sites for hydroxylation is 2. The Balaban J connectivity index is 1.75. The summed E-state index contributed by atoms with van der Waals surface area (Å²) in [6.07, 6.45) is 0. The Morgan fingerprint density at radius 1 is 0.714 bits per heavy atom. The maximum absolute atomic E-state index is 6.55. The van der Waals surface area contributed by atoms with E-state index in [-0.39, 0.29) is 0 Å². The van der Waals surface area contributed by atoms with Crippen molar-refractivity contribution in [3.63, 3.8) is 0 Å². The summed E-state index contributed by atoms with van der Waals surface area (Å²) in [6, 6.07) is 33.0. The molecular weight excluding hydrogens is 442 g/mol. The quantitative estimate of drug-likeness (QED) is 0.208. The van der Waals surface area contributed by atoms with E-state index in [2.05, 4.69) is 123 Å². The highest BCUT2D eigenvalue weighted by atomic mass is 28.3. The van der Waals surface area contributed by atoms with Gasteiger partial charge in [0.05, 0.1) is 5.56 Å². The fourth-order valence-corrected chi connectivity index (χ4v) is 8.32. The van der Waals surface area contributed by atoms with E-state index in [0.717, 1.165) is 11.2 Å². The molecule has 0 aliphatic heterocycles. The van der Waals surface area contributed by atoms with Gasteiger partial charge in [-0.3, -0.25) is 0 Å². The molecule has 0 saturated carbocycles.